The number of carboxylic acids is 1. The molecule has 0 radical (unpaired) electrons. The highest BCUT2D eigenvalue weighted by atomic mass is 16.4. The van der Waals surface area contributed by atoms with Crippen molar-refractivity contribution >= 4 is 11.9 Å². The van der Waals surface area contributed by atoms with E-state index in [2.05, 4.69) is 18.9 Å². The Labute approximate surface area is 142 Å². The standard InChI is InChI=1S/C18H27N3O3/c1-17(2)12-21(14(17)13-10-19-20(3)11-13)15(22)18(16(23)24)8-6-4-5-7-9-18/h10-11,14H,4-9,12H2,1-3H3,(H,23,24). The summed E-state index contributed by atoms with van der Waals surface area (Å²) >= 11 is 0. The largest absolute Gasteiger partial charge is 0.480 e. The van der Waals surface area contributed by atoms with Gasteiger partial charge in [0.2, 0.25) is 5.91 Å². The first-order chi connectivity index (χ1) is 11.3. The van der Waals surface area contributed by atoms with Crippen molar-refractivity contribution in [2.45, 2.75) is 58.4 Å². The van der Waals surface area contributed by atoms with Crippen molar-refractivity contribution in [3.8, 4) is 0 Å². The molecule has 6 nitrogen and oxygen atoms in total. The maximum atomic E-state index is 13.3. The minimum absolute atomic E-state index is 0.0664. The molecule has 1 aliphatic carbocycles. The van der Waals surface area contributed by atoms with E-state index in [1.807, 2.05) is 13.2 Å². The van der Waals surface area contributed by atoms with Crippen LogP contribution in [0.25, 0.3) is 0 Å². The molecule has 2 aliphatic rings. The molecule has 1 aliphatic heterocycles. The predicted molar refractivity (Wildman–Crippen MR) is 89.2 cm³/mol. The highest BCUT2D eigenvalue weighted by Gasteiger charge is 2.56. The number of aromatic nitrogens is 2. The SMILES string of the molecule is Cn1cc(C2N(C(=O)C3(C(=O)O)CCCCCC3)CC2(C)C)cn1. The Morgan fingerprint density at radius 2 is 1.83 bits per heavy atom. The molecule has 2 fully saturated rings. The van der Waals surface area contributed by atoms with Gasteiger partial charge in [-0.3, -0.25) is 14.3 Å². The Hall–Kier alpha value is -1.85. The van der Waals surface area contributed by atoms with Crippen molar-refractivity contribution in [3.63, 3.8) is 0 Å². The summed E-state index contributed by atoms with van der Waals surface area (Å²) < 4.78 is 1.73. The summed E-state index contributed by atoms with van der Waals surface area (Å²) in [5.74, 6) is -1.16. The van der Waals surface area contributed by atoms with Gasteiger partial charge in [-0.15, -0.1) is 0 Å². The first-order valence-corrected chi connectivity index (χ1v) is 8.81. The molecule has 1 saturated carbocycles. The highest BCUT2D eigenvalue weighted by molar-refractivity contribution is 6.02. The van der Waals surface area contributed by atoms with Gasteiger partial charge in [0.15, 0.2) is 0 Å². The molecule has 1 aromatic heterocycles. The lowest BCUT2D eigenvalue weighted by Crippen LogP contribution is -2.62. The third-order valence-electron chi connectivity index (χ3n) is 5.71. The summed E-state index contributed by atoms with van der Waals surface area (Å²) in [6.45, 7) is 4.84. The van der Waals surface area contributed by atoms with Gasteiger partial charge in [-0.05, 0) is 12.8 Å². The van der Waals surface area contributed by atoms with Crippen LogP contribution in [-0.4, -0.2) is 38.2 Å². The van der Waals surface area contributed by atoms with Gasteiger partial charge in [0.05, 0.1) is 12.2 Å². The van der Waals surface area contributed by atoms with E-state index < -0.39 is 11.4 Å². The van der Waals surface area contributed by atoms with E-state index in [0.717, 1.165) is 31.2 Å². The summed E-state index contributed by atoms with van der Waals surface area (Å²) in [6, 6.07) is -0.0989. The van der Waals surface area contributed by atoms with Crippen molar-refractivity contribution in [3.05, 3.63) is 18.0 Å². The minimum Gasteiger partial charge on any atom is -0.480 e. The van der Waals surface area contributed by atoms with Crippen molar-refractivity contribution in [1.29, 1.82) is 0 Å². The summed E-state index contributed by atoms with van der Waals surface area (Å²) in [5, 5.41) is 14.1. The molecule has 1 amide bonds. The fourth-order valence-corrected chi connectivity index (χ4v) is 4.45. The number of rotatable bonds is 3. The summed E-state index contributed by atoms with van der Waals surface area (Å²) in [4.78, 5) is 27.1. The Morgan fingerprint density at radius 1 is 1.21 bits per heavy atom. The van der Waals surface area contributed by atoms with E-state index in [-0.39, 0.29) is 17.4 Å². The number of hydrogen-bond donors (Lipinski definition) is 1. The lowest BCUT2D eigenvalue weighted by molar-refractivity contribution is -0.175. The number of likely N-dealkylation sites (tertiary alicyclic amines) is 1. The molecule has 3 rings (SSSR count). The summed E-state index contributed by atoms with van der Waals surface area (Å²) in [6.07, 6.45) is 8.27. The predicted octanol–water partition coefficient (Wildman–Crippen LogP) is 2.75. The van der Waals surface area contributed by atoms with Crippen LogP contribution in [0.3, 0.4) is 0 Å². The number of aryl methyl sites for hydroxylation is 1. The Morgan fingerprint density at radius 3 is 2.29 bits per heavy atom. The number of amides is 1. The molecule has 2 heterocycles. The smallest absolute Gasteiger partial charge is 0.319 e. The number of carbonyl (C=O) groups is 2. The van der Waals surface area contributed by atoms with Crippen LogP contribution in [0.5, 0.6) is 0 Å². The van der Waals surface area contributed by atoms with Crippen LogP contribution in [0.1, 0.15) is 64.0 Å². The Bertz CT molecular complexity index is 642. The van der Waals surface area contributed by atoms with Crippen LogP contribution in [-0.2, 0) is 16.6 Å². The van der Waals surface area contributed by atoms with Crippen LogP contribution in [0.15, 0.2) is 12.4 Å². The molecule has 0 aromatic carbocycles. The van der Waals surface area contributed by atoms with E-state index >= 15 is 0 Å². The molecular weight excluding hydrogens is 306 g/mol. The van der Waals surface area contributed by atoms with Crippen molar-refractivity contribution in [1.82, 2.24) is 14.7 Å². The molecule has 1 aromatic rings. The maximum Gasteiger partial charge on any atom is 0.319 e. The van der Waals surface area contributed by atoms with E-state index in [1.165, 1.54) is 0 Å². The van der Waals surface area contributed by atoms with Gasteiger partial charge in [0.25, 0.3) is 0 Å². The molecule has 6 heteroatoms. The van der Waals surface area contributed by atoms with Gasteiger partial charge in [-0.2, -0.15) is 5.10 Å². The second-order valence-electron chi connectivity index (χ2n) is 8.07. The van der Waals surface area contributed by atoms with Crippen molar-refractivity contribution < 1.29 is 14.7 Å². The zero-order chi connectivity index (χ0) is 17.5. The number of carboxylic acid groups (broad SMARTS) is 1. The van der Waals surface area contributed by atoms with E-state index in [0.29, 0.717) is 19.4 Å². The van der Waals surface area contributed by atoms with Gasteiger partial charge in [0.1, 0.15) is 5.41 Å². The first-order valence-electron chi connectivity index (χ1n) is 8.81. The minimum atomic E-state index is -1.24. The van der Waals surface area contributed by atoms with Gasteiger partial charge in [0, 0.05) is 30.8 Å². The van der Waals surface area contributed by atoms with Crippen molar-refractivity contribution in [2.24, 2.45) is 17.9 Å². The molecule has 0 bridgehead atoms. The van der Waals surface area contributed by atoms with Crippen molar-refractivity contribution in [2.75, 3.05) is 6.54 Å². The normalized spacial score (nSPS) is 25.6. The zero-order valence-corrected chi connectivity index (χ0v) is 14.8. The highest BCUT2D eigenvalue weighted by Crippen LogP contribution is 2.51. The maximum absolute atomic E-state index is 13.3. The van der Waals surface area contributed by atoms with E-state index in [9.17, 15) is 14.7 Å². The Balaban J connectivity index is 1.91. The zero-order valence-electron chi connectivity index (χ0n) is 14.8. The van der Waals surface area contributed by atoms with Gasteiger partial charge >= 0.3 is 5.97 Å². The topological polar surface area (TPSA) is 75.4 Å². The molecule has 132 valence electrons. The quantitative estimate of drug-likeness (QED) is 0.682. The lowest BCUT2D eigenvalue weighted by atomic mass is 9.69. The first kappa shape index (κ1) is 17.0. The number of hydrogen-bond acceptors (Lipinski definition) is 3. The second kappa shape index (κ2) is 5.90. The van der Waals surface area contributed by atoms with E-state index in [1.54, 1.807) is 15.8 Å². The fraction of sp³-hybridized carbons (Fsp3) is 0.722. The lowest BCUT2D eigenvalue weighted by Gasteiger charge is -2.56. The Kier molecular flexibility index (Phi) is 4.18. The number of carbonyl (C=O) groups excluding carboxylic acids is 1. The van der Waals surface area contributed by atoms with Crippen LogP contribution >= 0.6 is 0 Å². The monoisotopic (exact) mass is 333 g/mol. The summed E-state index contributed by atoms with van der Waals surface area (Å²) in [5.41, 5.74) is -0.326. The molecule has 1 atom stereocenters. The third-order valence-corrected chi connectivity index (χ3v) is 5.71. The summed E-state index contributed by atoms with van der Waals surface area (Å²) in [7, 11) is 1.85. The number of nitrogens with zero attached hydrogens (tertiary/aromatic N) is 3. The van der Waals surface area contributed by atoms with Crippen LogP contribution in [0, 0.1) is 10.8 Å². The van der Waals surface area contributed by atoms with Crippen LogP contribution in [0.2, 0.25) is 0 Å². The third kappa shape index (κ3) is 2.62. The number of aliphatic carboxylic acids is 1. The van der Waals surface area contributed by atoms with Crippen LogP contribution < -0.4 is 0 Å². The molecule has 1 unspecified atom stereocenters. The van der Waals surface area contributed by atoms with Crippen LogP contribution in [0.4, 0.5) is 0 Å². The average Bonchev–Trinajstić information content (AvgIpc) is 2.76. The molecule has 24 heavy (non-hydrogen) atoms. The van der Waals surface area contributed by atoms with Gasteiger partial charge < -0.3 is 10.0 Å². The van der Waals surface area contributed by atoms with Gasteiger partial charge in [-0.1, -0.05) is 39.5 Å². The second-order valence-corrected chi connectivity index (χ2v) is 8.07. The molecule has 1 N–H and O–H groups in total. The fourth-order valence-electron chi connectivity index (χ4n) is 4.45. The average molecular weight is 333 g/mol. The van der Waals surface area contributed by atoms with E-state index in [4.69, 9.17) is 0 Å². The molecule has 0 spiro atoms. The van der Waals surface area contributed by atoms with Gasteiger partial charge in [-0.25, -0.2) is 0 Å². The molecular formula is C18H27N3O3. The molecule has 1 saturated heterocycles.